The molecule has 0 bridgehead atoms. The van der Waals surface area contributed by atoms with Crippen LogP contribution in [0.5, 0.6) is 0 Å². The van der Waals surface area contributed by atoms with E-state index in [4.69, 9.17) is 9.84 Å². The summed E-state index contributed by atoms with van der Waals surface area (Å²) in [5.74, 6) is -0.762. The lowest BCUT2D eigenvalue weighted by Gasteiger charge is -2.24. The number of ether oxygens (including phenoxy) is 1. The zero-order valence-corrected chi connectivity index (χ0v) is 5.75. The number of carbonyl (C=O) groups is 1. The quantitative estimate of drug-likeness (QED) is 0.621. The summed E-state index contributed by atoms with van der Waals surface area (Å²) < 4.78 is 5.05. The number of hydrogen-bond acceptors (Lipinski definition) is 3. The Bertz CT molecular complexity index is 121. The minimum absolute atomic E-state index is 0. The molecule has 0 amide bonds. The summed E-state index contributed by atoms with van der Waals surface area (Å²) in [6.45, 7) is 2.95. The van der Waals surface area contributed by atoms with Gasteiger partial charge >= 0.3 is 5.97 Å². The van der Waals surface area contributed by atoms with Gasteiger partial charge in [0.05, 0.1) is 19.8 Å². The summed E-state index contributed by atoms with van der Waals surface area (Å²) in [5, 5.41) is 8.38. The standard InChI is InChI=1S/C6H11NO3.CH4/c8-6(9)5-7-1-3-10-4-2-7;/h1-5H2,(H,8,9);1H4. The van der Waals surface area contributed by atoms with Crippen LogP contribution in [-0.4, -0.2) is 48.8 Å². The lowest BCUT2D eigenvalue weighted by Crippen LogP contribution is -2.39. The Kier molecular flexibility index (Phi) is 4.81. The largest absolute Gasteiger partial charge is 0.480 e. The van der Waals surface area contributed by atoms with Crippen molar-refractivity contribution in [3.05, 3.63) is 0 Å². The van der Waals surface area contributed by atoms with E-state index in [1.54, 1.807) is 0 Å². The fourth-order valence-electron chi connectivity index (χ4n) is 0.951. The number of carboxylic acids is 1. The summed E-state index contributed by atoms with van der Waals surface area (Å²) >= 11 is 0. The molecule has 0 aliphatic carbocycles. The van der Waals surface area contributed by atoms with Crippen LogP contribution in [-0.2, 0) is 9.53 Å². The van der Waals surface area contributed by atoms with Gasteiger partial charge in [0.15, 0.2) is 0 Å². The molecule has 0 spiro atoms. The van der Waals surface area contributed by atoms with Crippen molar-refractivity contribution in [2.24, 2.45) is 0 Å². The molecule has 1 fully saturated rings. The molecule has 0 atom stereocenters. The highest BCUT2D eigenvalue weighted by atomic mass is 16.5. The van der Waals surface area contributed by atoms with Crippen molar-refractivity contribution in [2.75, 3.05) is 32.8 Å². The predicted octanol–water partition coefficient (Wildman–Crippen LogP) is 0.0393. The second kappa shape index (κ2) is 5.09. The highest BCUT2D eigenvalue weighted by molar-refractivity contribution is 5.69. The highest BCUT2D eigenvalue weighted by Crippen LogP contribution is 1.94. The minimum atomic E-state index is -0.762. The van der Waals surface area contributed by atoms with Crippen molar-refractivity contribution in [3.63, 3.8) is 0 Å². The van der Waals surface area contributed by atoms with Gasteiger partial charge < -0.3 is 9.84 Å². The van der Waals surface area contributed by atoms with E-state index in [2.05, 4.69) is 0 Å². The molecule has 1 heterocycles. The first-order valence-electron chi connectivity index (χ1n) is 3.31. The second-order valence-electron chi connectivity index (χ2n) is 2.28. The molecule has 1 aliphatic heterocycles. The molecule has 0 unspecified atom stereocenters. The van der Waals surface area contributed by atoms with Crippen LogP contribution in [0.3, 0.4) is 0 Å². The van der Waals surface area contributed by atoms with Crippen LogP contribution >= 0.6 is 0 Å². The Morgan fingerprint density at radius 2 is 2.00 bits per heavy atom. The van der Waals surface area contributed by atoms with Crippen molar-refractivity contribution < 1.29 is 14.6 Å². The van der Waals surface area contributed by atoms with Gasteiger partial charge in [-0.1, -0.05) is 7.43 Å². The molecule has 1 saturated heterocycles. The first-order chi connectivity index (χ1) is 4.79. The third-order valence-electron chi connectivity index (χ3n) is 1.46. The zero-order valence-electron chi connectivity index (χ0n) is 5.75. The SMILES string of the molecule is C.O=C(O)CN1CCOCC1. The number of hydrogen-bond donors (Lipinski definition) is 1. The first kappa shape index (κ1) is 10.4. The van der Waals surface area contributed by atoms with E-state index in [9.17, 15) is 4.79 Å². The Morgan fingerprint density at radius 3 is 2.45 bits per heavy atom. The van der Waals surface area contributed by atoms with Crippen molar-refractivity contribution in [1.29, 1.82) is 0 Å². The van der Waals surface area contributed by atoms with Crippen molar-refractivity contribution in [3.8, 4) is 0 Å². The molecule has 0 saturated carbocycles. The zero-order chi connectivity index (χ0) is 7.40. The molecule has 4 nitrogen and oxygen atoms in total. The van der Waals surface area contributed by atoms with Crippen LogP contribution in [0.1, 0.15) is 7.43 Å². The Hall–Kier alpha value is -0.610. The van der Waals surface area contributed by atoms with Crippen molar-refractivity contribution in [1.82, 2.24) is 4.90 Å². The molecular weight excluding hydrogens is 146 g/mol. The van der Waals surface area contributed by atoms with Crippen LogP contribution in [0.25, 0.3) is 0 Å². The predicted molar refractivity (Wildman–Crippen MR) is 41.6 cm³/mol. The average molecular weight is 161 g/mol. The minimum Gasteiger partial charge on any atom is -0.480 e. The summed E-state index contributed by atoms with van der Waals surface area (Å²) in [4.78, 5) is 12.1. The van der Waals surface area contributed by atoms with E-state index in [0.717, 1.165) is 13.1 Å². The Morgan fingerprint density at radius 1 is 1.45 bits per heavy atom. The molecule has 1 rings (SSSR count). The molecule has 0 aromatic heterocycles. The average Bonchev–Trinajstić information content (AvgIpc) is 1.88. The molecule has 0 aromatic rings. The van der Waals surface area contributed by atoms with Gasteiger partial charge in [-0.3, -0.25) is 9.69 Å². The topological polar surface area (TPSA) is 49.8 Å². The summed E-state index contributed by atoms with van der Waals surface area (Å²) in [5.41, 5.74) is 0. The van der Waals surface area contributed by atoms with E-state index in [1.165, 1.54) is 0 Å². The number of carboxylic acid groups (broad SMARTS) is 1. The lowest BCUT2D eigenvalue weighted by molar-refractivity contribution is -0.139. The maximum Gasteiger partial charge on any atom is 0.317 e. The summed E-state index contributed by atoms with van der Waals surface area (Å²) in [6.07, 6.45) is 0. The number of rotatable bonds is 2. The van der Waals surface area contributed by atoms with E-state index < -0.39 is 5.97 Å². The normalized spacial score (nSPS) is 18.9. The van der Waals surface area contributed by atoms with E-state index in [1.807, 2.05) is 4.90 Å². The molecule has 1 N–H and O–H groups in total. The summed E-state index contributed by atoms with van der Waals surface area (Å²) in [7, 11) is 0. The maximum absolute atomic E-state index is 10.2. The Labute approximate surface area is 66.8 Å². The third-order valence-corrected chi connectivity index (χ3v) is 1.46. The van der Waals surface area contributed by atoms with Gasteiger partial charge in [0, 0.05) is 13.1 Å². The molecule has 0 radical (unpaired) electrons. The second-order valence-corrected chi connectivity index (χ2v) is 2.28. The van der Waals surface area contributed by atoms with Crippen LogP contribution in [0.2, 0.25) is 0 Å². The monoisotopic (exact) mass is 161 g/mol. The van der Waals surface area contributed by atoms with Crippen molar-refractivity contribution in [2.45, 2.75) is 7.43 Å². The number of nitrogens with zero attached hydrogens (tertiary/aromatic N) is 1. The maximum atomic E-state index is 10.2. The Balaban J connectivity index is 0.000001000. The van der Waals surface area contributed by atoms with Crippen LogP contribution in [0.15, 0.2) is 0 Å². The summed E-state index contributed by atoms with van der Waals surface area (Å²) in [6, 6.07) is 0. The van der Waals surface area contributed by atoms with Gasteiger partial charge in [-0.25, -0.2) is 0 Å². The van der Waals surface area contributed by atoms with Gasteiger partial charge in [0.1, 0.15) is 0 Å². The van der Waals surface area contributed by atoms with Gasteiger partial charge in [-0.05, 0) is 0 Å². The van der Waals surface area contributed by atoms with Crippen LogP contribution in [0.4, 0.5) is 0 Å². The molecular formula is C7H15NO3. The van der Waals surface area contributed by atoms with Crippen LogP contribution < -0.4 is 0 Å². The van der Waals surface area contributed by atoms with Gasteiger partial charge in [0.25, 0.3) is 0 Å². The first-order valence-corrected chi connectivity index (χ1v) is 3.31. The van der Waals surface area contributed by atoms with E-state index in [0.29, 0.717) is 13.2 Å². The molecule has 1 aliphatic rings. The molecule has 11 heavy (non-hydrogen) atoms. The van der Waals surface area contributed by atoms with Gasteiger partial charge in [-0.2, -0.15) is 0 Å². The van der Waals surface area contributed by atoms with E-state index >= 15 is 0 Å². The fourth-order valence-corrected chi connectivity index (χ4v) is 0.951. The highest BCUT2D eigenvalue weighted by Gasteiger charge is 2.12. The van der Waals surface area contributed by atoms with Gasteiger partial charge in [-0.15, -0.1) is 0 Å². The third kappa shape index (κ3) is 3.95. The molecule has 4 heteroatoms. The fraction of sp³-hybridized carbons (Fsp3) is 0.857. The number of aliphatic carboxylic acids is 1. The van der Waals surface area contributed by atoms with Crippen molar-refractivity contribution >= 4 is 5.97 Å². The lowest BCUT2D eigenvalue weighted by atomic mass is 10.4. The molecule has 66 valence electrons. The van der Waals surface area contributed by atoms with Crippen LogP contribution in [0, 0.1) is 0 Å². The number of morpholine rings is 1. The van der Waals surface area contributed by atoms with E-state index in [-0.39, 0.29) is 14.0 Å². The smallest absolute Gasteiger partial charge is 0.317 e. The van der Waals surface area contributed by atoms with Gasteiger partial charge in [0.2, 0.25) is 0 Å². The molecule has 0 aromatic carbocycles.